The number of carbonyl (C=O) groups excluding carboxylic acids is 2. The van der Waals surface area contributed by atoms with Crippen LogP contribution >= 0.6 is 15.9 Å². The summed E-state index contributed by atoms with van der Waals surface area (Å²) in [6, 6.07) is 4.17. The summed E-state index contributed by atoms with van der Waals surface area (Å²) in [5.41, 5.74) is 0.294. The molecule has 0 aliphatic carbocycles. The van der Waals surface area contributed by atoms with E-state index >= 15 is 0 Å². The number of halogens is 2. The van der Waals surface area contributed by atoms with Crippen molar-refractivity contribution in [2.45, 2.75) is 25.5 Å². The Morgan fingerprint density at radius 1 is 1.56 bits per heavy atom. The van der Waals surface area contributed by atoms with Crippen LogP contribution in [0.2, 0.25) is 0 Å². The zero-order chi connectivity index (χ0) is 13.1. The van der Waals surface area contributed by atoms with Crippen molar-refractivity contribution in [3.63, 3.8) is 0 Å². The number of rotatable bonds is 3. The first kappa shape index (κ1) is 13.0. The maximum Gasteiger partial charge on any atom is 0.328 e. The van der Waals surface area contributed by atoms with Gasteiger partial charge in [-0.1, -0.05) is 12.1 Å². The minimum atomic E-state index is -0.604. The number of ether oxygens (including phenoxy) is 1. The quantitative estimate of drug-likeness (QED) is 0.867. The van der Waals surface area contributed by atoms with Crippen LogP contribution in [0.4, 0.5) is 4.39 Å². The summed E-state index contributed by atoms with van der Waals surface area (Å²) in [5, 5.41) is 2.50. The smallest absolute Gasteiger partial charge is 0.328 e. The summed E-state index contributed by atoms with van der Waals surface area (Å²) in [6.07, 6.45) is 0.754. The Hall–Kier alpha value is -1.43. The molecule has 0 radical (unpaired) electrons. The van der Waals surface area contributed by atoms with Gasteiger partial charge in [-0.3, -0.25) is 4.79 Å². The minimum Gasteiger partial charge on any atom is -0.459 e. The molecule has 2 rings (SSSR count). The first-order chi connectivity index (χ1) is 8.58. The van der Waals surface area contributed by atoms with Crippen LogP contribution < -0.4 is 5.32 Å². The van der Waals surface area contributed by atoms with Crippen molar-refractivity contribution in [3.8, 4) is 0 Å². The first-order valence-corrected chi connectivity index (χ1v) is 6.26. The third-order valence-electron chi connectivity index (χ3n) is 2.68. The van der Waals surface area contributed by atoms with Gasteiger partial charge >= 0.3 is 5.97 Å². The van der Waals surface area contributed by atoms with Crippen molar-refractivity contribution < 1.29 is 18.7 Å². The van der Waals surface area contributed by atoms with Crippen molar-refractivity contribution >= 4 is 27.8 Å². The van der Waals surface area contributed by atoms with Gasteiger partial charge in [0.15, 0.2) is 0 Å². The van der Waals surface area contributed by atoms with Crippen LogP contribution in [-0.2, 0) is 20.9 Å². The number of hydrogen-bond donors (Lipinski definition) is 1. The molecule has 1 fully saturated rings. The van der Waals surface area contributed by atoms with E-state index in [9.17, 15) is 14.0 Å². The molecule has 6 heteroatoms. The standard InChI is InChI=1S/C12H11BrFNO3/c13-8-3-1-2-7(11(8)14)6-18-12(17)9-4-5-10(16)15-9/h1-3,9H,4-6H2,(H,15,16). The Morgan fingerprint density at radius 2 is 2.33 bits per heavy atom. The molecule has 1 aliphatic heterocycles. The molecule has 0 bridgehead atoms. The largest absolute Gasteiger partial charge is 0.459 e. The molecule has 1 saturated heterocycles. The van der Waals surface area contributed by atoms with E-state index in [2.05, 4.69) is 21.2 Å². The molecule has 1 aromatic rings. The van der Waals surface area contributed by atoms with Crippen molar-refractivity contribution in [2.24, 2.45) is 0 Å². The van der Waals surface area contributed by atoms with Crippen LogP contribution in [0.15, 0.2) is 22.7 Å². The molecule has 0 saturated carbocycles. The highest BCUT2D eigenvalue weighted by molar-refractivity contribution is 9.10. The molecule has 1 aliphatic rings. The van der Waals surface area contributed by atoms with Crippen molar-refractivity contribution in [1.82, 2.24) is 5.32 Å². The van der Waals surface area contributed by atoms with Gasteiger partial charge in [-0.2, -0.15) is 0 Å². The number of esters is 1. The number of amides is 1. The van der Waals surface area contributed by atoms with E-state index in [0.29, 0.717) is 22.9 Å². The molecule has 1 aromatic carbocycles. The van der Waals surface area contributed by atoms with Gasteiger partial charge in [0, 0.05) is 12.0 Å². The van der Waals surface area contributed by atoms with Crippen LogP contribution in [0, 0.1) is 5.82 Å². The minimum absolute atomic E-state index is 0.142. The lowest BCUT2D eigenvalue weighted by Crippen LogP contribution is -2.34. The van der Waals surface area contributed by atoms with Crippen molar-refractivity contribution in [2.75, 3.05) is 0 Å². The second-order valence-corrected chi connectivity index (χ2v) is 4.83. The van der Waals surface area contributed by atoms with Gasteiger partial charge in [0.1, 0.15) is 18.5 Å². The third kappa shape index (κ3) is 2.87. The average Bonchev–Trinajstić information content (AvgIpc) is 2.77. The average molecular weight is 316 g/mol. The highest BCUT2D eigenvalue weighted by atomic mass is 79.9. The van der Waals surface area contributed by atoms with Gasteiger partial charge in [-0.15, -0.1) is 0 Å². The molecule has 1 heterocycles. The van der Waals surface area contributed by atoms with Gasteiger partial charge < -0.3 is 10.1 Å². The Balaban J connectivity index is 1.93. The number of benzene rings is 1. The molecule has 1 unspecified atom stereocenters. The predicted octanol–water partition coefficient (Wildman–Crippen LogP) is 1.91. The van der Waals surface area contributed by atoms with Crippen LogP contribution in [0.5, 0.6) is 0 Å². The zero-order valence-electron chi connectivity index (χ0n) is 9.41. The predicted molar refractivity (Wildman–Crippen MR) is 65.1 cm³/mol. The van der Waals surface area contributed by atoms with E-state index in [4.69, 9.17) is 4.74 Å². The normalized spacial score (nSPS) is 18.6. The fraction of sp³-hybridized carbons (Fsp3) is 0.333. The topological polar surface area (TPSA) is 55.4 Å². The summed E-state index contributed by atoms with van der Waals surface area (Å²) < 4.78 is 18.9. The van der Waals surface area contributed by atoms with Crippen molar-refractivity contribution in [3.05, 3.63) is 34.1 Å². The lowest BCUT2D eigenvalue weighted by atomic mass is 10.2. The van der Waals surface area contributed by atoms with Gasteiger partial charge in [-0.25, -0.2) is 9.18 Å². The molecule has 18 heavy (non-hydrogen) atoms. The summed E-state index contributed by atoms with van der Waals surface area (Å²) in [4.78, 5) is 22.5. The first-order valence-electron chi connectivity index (χ1n) is 5.47. The maximum absolute atomic E-state index is 13.6. The van der Waals surface area contributed by atoms with E-state index in [1.54, 1.807) is 18.2 Å². The van der Waals surface area contributed by atoms with E-state index < -0.39 is 17.8 Å². The molecule has 0 spiro atoms. The third-order valence-corrected chi connectivity index (χ3v) is 3.29. The second-order valence-electron chi connectivity index (χ2n) is 3.98. The fourth-order valence-electron chi connectivity index (χ4n) is 1.70. The molecule has 0 aromatic heterocycles. The van der Waals surface area contributed by atoms with Gasteiger partial charge in [-0.05, 0) is 28.4 Å². The Kier molecular flexibility index (Phi) is 3.96. The Morgan fingerprint density at radius 3 is 3.00 bits per heavy atom. The SMILES string of the molecule is O=C1CCC(C(=O)OCc2cccc(Br)c2F)N1. The molecule has 1 atom stereocenters. The summed E-state index contributed by atoms with van der Waals surface area (Å²) in [7, 11) is 0. The van der Waals surface area contributed by atoms with Gasteiger partial charge in [0.05, 0.1) is 4.47 Å². The summed E-state index contributed by atoms with van der Waals surface area (Å²) >= 11 is 3.05. The van der Waals surface area contributed by atoms with E-state index in [1.165, 1.54) is 0 Å². The second kappa shape index (κ2) is 5.48. The molecule has 1 amide bonds. The zero-order valence-corrected chi connectivity index (χ0v) is 11.0. The Labute approximate surface area is 112 Å². The fourth-order valence-corrected chi connectivity index (χ4v) is 2.11. The summed E-state index contributed by atoms with van der Waals surface area (Å²) in [6.45, 7) is -0.142. The number of hydrogen-bond acceptors (Lipinski definition) is 3. The number of carbonyl (C=O) groups is 2. The Bertz CT molecular complexity index is 492. The molecular formula is C12H11BrFNO3. The van der Waals surface area contributed by atoms with E-state index in [0.717, 1.165) is 0 Å². The van der Waals surface area contributed by atoms with Crippen LogP contribution in [0.25, 0.3) is 0 Å². The molecule has 4 nitrogen and oxygen atoms in total. The maximum atomic E-state index is 13.6. The molecule has 96 valence electrons. The molecular weight excluding hydrogens is 305 g/mol. The summed E-state index contributed by atoms with van der Waals surface area (Å²) in [5.74, 6) is -1.13. The highest BCUT2D eigenvalue weighted by Gasteiger charge is 2.28. The highest BCUT2D eigenvalue weighted by Crippen LogP contribution is 2.19. The monoisotopic (exact) mass is 315 g/mol. The van der Waals surface area contributed by atoms with Crippen LogP contribution in [0.1, 0.15) is 18.4 Å². The van der Waals surface area contributed by atoms with Crippen LogP contribution in [-0.4, -0.2) is 17.9 Å². The van der Waals surface area contributed by atoms with Gasteiger partial charge in [0.2, 0.25) is 5.91 Å². The van der Waals surface area contributed by atoms with Crippen LogP contribution in [0.3, 0.4) is 0 Å². The lowest BCUT2D eigenvalue weighted by Gasteiger charge is -2.10. The number of nitrogens with one attached hydrogen (secondary N) is 1. The van der Waals surface area contributed by atoms with E-state index in [1.807, 2.05) is 0 Å². The molecule has 1 N–H and O–H groups in total. The lowest BCUT2D eigenvalue weighted by molar-refractivity contribution is -0.147. The van der Waals surface area contributed by atoms with E-state index in [-0.39, 0.29) is 12.5 Å². The van der Waals surface area contributed by atoms with Crippen molar-refractivity contribution in [1.29, 1.82) is 0 Å². The van der Waals surface area contributed by atoms with Gasteiger partial charge in [0.25, 0.3) is 0 Å².